The number of aryl methyl sites for hydroxylation is 1. The first-order valence-corrected chi connectivity index (χ1v) is 4.45. The summed E-state index contributed by atoms with van der Waals surface area (Å²) in [5.41, 5.74) is 5.49. The normalized spacial score (nSPS) is 9.85. The molecule has 0 fully saturated rings. The zero-order valence-corrected chi connectivity index (χ0v) is 7.61. The van der Waals surface area contributed by atoms with Gasteiger partial charge in [-0.15, -0.1) is 0 Å². The van der Waals surface area contributed by atoms with E-state index in [0.717, 1.165) is 25.2 Å². The molecule has 1 aromatic heterocycles. The standard InChI is InChI=1S/C9H14N4/c10-4-2-1-3-6-13-7-5-12-9(13)8-11/h5,7H,1-3,6,8,11H2. The summed E-state index contributed by atoms with van der Waals surface area (Å²) < 4.78 is 2.04. The molecular weight excluding hydrogens is 164 g/mol. The second-order valence-corrected chi connectivity index (χ2v) is 2.86. The summed E-state index contributed by atoms with van der Waals surface area (Å²) in [4.78, 5) is 4.11. The Hall–Kier alpha value is -1.34. The lowest BCUT2D eigenvalue weighted by Gasteiger charge is -2.04. The van der Waals surface area contributed by atoms with Crippen LogP contribution in [0.2, 0.25) is 0 Å². The van der Waals surface area contributed by atoms with Gasteiger partial charge in [0.05, 0.1) is 12.6 Å². The van der Waals surface area contributed by atoms with Crippen molar-refractivity contribution in [2.45, 2.75) is 32.4 Å². The molecule has 13 heavy (non-hydrogen) atoms. The molecule has 0 aliphatic carbocycles. The van der Waals surface area contributed by atoms with Crippen molar-refractivity contribution in [2.75, 3.05) is 0 Å². The molecule has 0 aliphatic rings. The van der Waals surface area contributed by atoms with E-state index in [4.69, 9.17) is 11.0 Å². The van der Waals surface area contributed by atoms with Crippen molar-refractivity contribution in [3.63, 3.8) is 0 Å². The maximum absolute atomic E-state index is 8.34. The van der Waals surface area contributed by atoms with E-state index < -0.39 is 0 Å². The van der Waals surface area contributed by atoms with Gasteiger partial charge in [-0.05, 0) is 12.8 Å². The number of aromatic nitrogens is 2. The SMILES string of the molecule is N#CCCCCn1ccnc1CN. The predicted octanol–water partition coefficient (Wildman–Crippen LogP) is 1.04. The molecule has 4 heteroatoms. The average molecular weight is 178 g/mol. The van der Waals surface area contributed by atoms with Crippen LogP contribution in [0.25, 0.3) is 0 Å². The molecule has 0 amide bonds. The van der Waals surface area contributed by atoms with Gasteiger partial charge < -0.3 is 10.3 Å². The maximum atomic E-state index is 8.34. The van der Waals surface area contributed by atoms with Gasteiger partial charge in [0, 0.05) is 25.4 Å². The monoisotopic (exact) mass is 178 g/mol. The van der Waals surface area contributed by atoms with E-state index in [1.54, 1.807) is 6.20 Å². The minimum atomic E-state index is 0.477. The Morgan fingerprint density at radius 2 is 2.38 bits per heavy atom. The molecule has 0 aliphatic heterocycles. The van der Waals surface area contributed by atoms with Gasteiger partial charge in [0.15, 0.2) is 0 Å². The molecule has 1 aromatic rings. The Bertz CT molecular complexity index is 284. The average Bonchev–Trinajstić information content (AvgIpc) is 2.60. The highest BCUT2D eigenvalue weighted by atomic mass is 15.1. The summed E-state index contributed by atoms with van der Waals surface area (Å²) in [7, 11) is 0. The lowest BCUT2D eigenvalue weighted by atomic mass is 10.2. The first kappa shape index (κ1) is 9.75. The first-order chi connectivity index (χ1) is 6.38. The summed E-state index contributed by atoms with van der Waals surface area (Å²) >= 11 is 0. The molecule has 0 aromatic carbocycles. The van der Waals surface area contributed by atoms with E-state index in [1.807, 2.05) is 10.8 Å². The zero-order valence-electron chi connectivity index (χ0n) is 7.61. The molecule has 0 bridgehead atoms. The molecular formula is C9H14N4. The first-order valence-electron chi connectivity index (χ1n) is 4.45. The van der Waals surface area contributed by atoms with Crippen molar-refractivity contribution >= 4 is 0 Å². The number of nitriles is 1. The van der Waals surface area contributed by atoms with E-state index >= 15 is 0 Å². The Kier molecular flexibility index (Phi) is 4.00. The van der Waals surface area contributed by atoms with Crippen LogP contribution in [0, 0.1) is 11.3 Å². The van der Waals surface area contributed by atoms with Gasteiger partial charge in [0.2, 0.25) is 0 Å². The van der Waals surface area contributed by atoms with Crippen molar-refractivity contribution in [1.29, 1.82) is 5.26 Å². The largest absolute Gasteiger partial charge is 0.334 e. The van der Waals surface area contributed by atoms with Gasteiger partial charge >= 0.3 is 0 Å². The fourth-order valence-electron chi connectivity index (χ4n) is 1.22. The Balaban J connectivity index is 2.32. The van der Waals surface area contributed by atoms with Crippen LogP contribution in [0.3, 0.4) is 0 Å². The minimum Gasteiger partial charge on any atom is -0.334 e. The highest BCUT2D eigenvalue weighted by Crippen LogP contribution is 2.01. The van der Waals surface area contributed by atoms with Gasteiger partial charge in [-0.2, -0.15) is 5.26 Å². The van der Waals surface area contributed by atoms with Crippen LogP contribution in [0.15, 0.2) is 12.4 Å². The maximum Gasteiger partial charge on any atom is 0.122 e. The van der Waals surface area contributed by atoms with E-state index in [-0.39, 0.29) is 0 Å². The van der Waals surface area contributed by atoms with Crippen molar-refractivity contribution in [1.82, 2.24) is 9.55 Å². The molecule has 0 saturated carbocycles. The summed E-state index contributed by atoms with van der Waals surface area (Å²) in [6, 6.07) is 2.13. The van der Waals surface area contributed by atoms with Crippen LogP contribution in [0.5, 0.6) is 0 Å². The van der Waals surface area contributed by atoms with Gasteiger partial charge in [-0.25, -0.2) is 4.98 Å². The van der Waals surface area contributed by atoms with Crippen LogP contribution in [0.1, 0.15) is 25.1 Å². The molecule has 4 nitrogen and oxygen atoms in total. The molecule has 2 N–H and O–H groups in total. The molecule has 1 heterocycles. The smallest absolute Gasteiger partial charge is 0.122 e. The molecule has 0 radical (unpaired) electrons. The van der Waals surface area contributed by atoms with Crippen molar-refractivity contribution < 1.29 is 0 Å². The number of unbranched alkanes of at least 4 members (excludes halogenated alkanes) is 2. The second-order valence-electron chi connectivity index (χ2n) is 2.86. The van der Waals surface area contributed by atoms with Crippen LogP contribution >= 0.6 is 0 Å². The van der Waals surface area contributed by atoms with E-state index in [1.165, 1.54) is 0 Å². The number of rotatable bonds is 5. The van der Waals surface area contributed by atoms with Crippen LogP contribution in [-0.4, -0.2) is 9.55 Å². The highest BCUT2D eigenvalue weighted by Gasteiger charge is 1.98. The number of imidazole rings is 1. The summed E-state index contributed by atoms with van der Waals surface area (Å²) in [5.74, 6) is 0.914. The van der Waals surface area contributed by atoms with Crippen molar-refractivity contribution in [2.24, 2.45) is 5.73 Å². The molecule has 0 saturated heterocycles. The summed E-state index contributed by atoms with van der Waals surface area (Å²) in [6.07, 6.45) is 6.27. The lowest BCUT2D eigenvalue weighted by molar-refractivity contribution is 0.591. The van der Waals surface area contributed by atoms with E-state index in [9.17, 15) is 0 Å². The predicted molar refractivity (Wildman–Crippen MR) is 49.6 cm³/mol. The van der Waals surface area contributed by atoms with Crippen molar-refractivity contribution in [3.8, 4) is 6.07 Å². The van der Waals surface area contributed by atoms with Crippen LogP contribution in [0.4, 0.5) is 0 Å². The number of nitrogens with two attached hydrogens (primary N) is 1. The van der Waals surface area contributed by atoms with Crippen LogP contribution in [-0.2, 0) is 13.1 Å². The number of hydrogen-bond acceptors (Lipinski definition) is 3. The van der Waals surface area contributed by atoms with Crippen LogP contribution < -0.4 is 5.73 Å². The summed E-state index contributed by atoms with van der Waals surface area (Å²) in [6.45, 7) is 1.39. The fraction of sp³-hybridized carbons (Fsp3) is 0.556. The topological polar surface area (TPSA) is 67.6 Å². The second kappa shape index (κ2) is 5.33. The van der Waals surface area contributed by atoms with E-state index in [2.05, 4.69) is 11.1 Å². The quantitative estimate of drug-likeness (QED) is 0.685. The third-order valence-corrected chi connectivity index (χ3v) is 1.92. The number of nitrogens with zero attached hydrogens (tertiary/aromatic N) is 3. The Labute approximate surface area is 78.0 Å². The van der Waals surface area contributed by atoms with E-state index in [0.29, 0.717) is 13.0 Å². The van der Waals surface area contributed by atoms with Crippen molar-refractivity contribution in [3.05, 3.63) is 18.2 Å². The molecule has 1 rings (SSSR count). The van der Waals surface area contributed by atoms with Gasteiger partial charge in [-0.1, -0.05) is 0 Å². The molecule has 70 valence electrons. The number of hydrogen-bond donors (Lipinski definition) is 1. The third-order valence-electron chi connectivity index (χ3n) is 1.92. The Morgan fingerprint density at radius 1 is 1.54 bits per heavy atom. The van der Waals surface area contributed by atoms with Gasteiger partial charge in [0.1, 0.15) is 5.82 Å². The Morgan fingerprint density at radius 3 is 3.08 bits per heavy atom. The third kappa shape index (κ3) is 2.88. The highest BCUT2D eigenvalue weighted by molar-refractivity contribution is 4.90. The van der Waals surface area contributed by atoms with Gasteiger partial charge in [-0.3, -0.25) is 0 Å². The lowest BCUT2D eigenvalue weighted by Crippen LogP contribution is -2.07. The molecule has 0 spiro atoms. The fourth-order valence-corrected chi connectivity index (χ4v) is 1.22. The molecule has 0 unspecified atom stereocenters. The minimum absolute atomic E-state index is 0.477. The molecule has 0 atom stereocenters. The zero-order chi connectivity index (χ0) is 9.52. The summed E-state index contributed by atoms with van der Waals surface area (Å²) in [5, 5.41) is 8.34. The van der Waals surface area contributed by atoms with Gasteiger partial charge in [0.25, 0.3) is 0 Å².